The van der Waals surface area contributed by atoms with E-state index >= 15 is 0 Å². The fourth-order valence-corrected chi connectivity index (χ4v) is 2.93. The molecule has 0 spiro atoms. The number of fused-ring (bicyclic) bond motifs is 3. The number of aryl methyl sites for hydroxylation is 1. The van der Waals surface area contributed by atoms with Crippen LogP contribution in [0.3, 0.4) is 0 Å². The lowest BCUT2D eigenvalue weighted by Crippen LogP contribution is -2.07. The number of aromatic nitrogens is 2. The highest BCUT2D eigenvalue weighted by Crippen LogP contribution is 2.31. The minimum Gasteiger partial charge on any atom is -0.310 e. The van der Waals surface area contributed by atoms with Gasteiger partial charge in [0.25, 0.3) is 5.56 Å². The SMILES string of the molecule is Cc1nc2c(sc3ccc(Cl)cc32)c(=O)[nH]1. The number of halogens is 1. The molecule has 0 aliphatic rings. The van der Waals surface area contributed by atoms with E-state index in [4.69, 9.17) is 11.6 Å². The van der Waals surface area contributed by atoms with Crippen LogP contribution in [0.2, 0.25) is 5.02 Å². The first kappa shape index (κ1) is 9.81. The lowest BCUT2D eigenvalue weighted by molar-refractivity contribution is 1.07. The fraction of sp³-hybridized carbons (Fsp3) is 0.0909. The van der Waals surface area contributed by atoms with E-state index in [0.29, 0.717) is 15.5 Å². The summed E-state index contributed by atoms with van der Waals surface area (Å²) in [6.07, 6.45) is 0. The van der Waals surface area contributed by atoms with Gasteiger partial charge in [-0.1, -0.05) is 11.6 Å². The minimum absolute atomic E-state index is 0.0835. The number of nitrogens with zero attached hydrogens (tertiary/aromatic N) is 1. The van der Waals surface area contributed by atoms with Crippen LogP contribution in [-0.2, 0) is 0 Å². The molecule has 0 amide bonds. The van der Waals surface area contributed by atoms with Gasteiger partial charge in [-0.05, 0) is 25.1 Å². The predicted molar refractivity (Wildman–Crippen MR) is 67.5 cm³/mol. The molecule has 16 heavy (non-hydrogen) atoms. The highest BCUT2D eigenvalue weighted by atomic mass is 35.5. The van der Waals surface area contributed by atoms with Crippen molar-refractivity contribution in [3.05, 3.63) is 39.4 Å². The van der Waals surface area contributed by atoms with Gasteiger partial charge in [-0.3, -0.25) is 4.79 Å². The van der Waals surface area contributed by atoms with E-state index in [2.05, 4.69) is 9.97 Å². The summed E-state index contributed by atoms with van der Waals surface area (Å²) in [5.74, 6) is 0.622. The Bertz CT molecular complexity index is 760. The van der Waals surface area contributed by atoms with E-state index in [1.807, 2.05) is 18.2 Å². The summed E-state index contributed by atoms with van der Waals surface area (Å²) in [6.45, 7) is 1.77. The number of H-pyrrole nitrogens is 1. The smallest absolute Gasteiger partial charge is 0.268 e. The highest BCUT2D eigenvalue weighted by Gasteiger charge is 2.10. The summed E-state index contributed by atoms with van der Waals surface area (Å²) in [6, 6.07) is 5.58. The number of benzene rings is 1. The maximum absolute atomic E-state index is 11.7. The first-order chi connectivity index (χ1) is 7.65. The molecule has 0 saturated carbocycles. The Balaban J connectivity index is 2.62. The summed E-state index contributed by atoms with van der Waals surface area (Å²) >= 11 is 7.39. The van der Waals surface area contributed by atoms with Gasteiger partial charge in [-0.25, -0.2) is 4.98 Å². The number of nitrogens with one attached hydrogen (secondary N) is 1. The van der Waals surface area contributed by atoms with Crippen molar-refractivity contribution in [2.75, 3.05) is 0 Å². The minimum atomic E-state index is -0.0835. The Labute approximate surface area is 99.7 Å². The Kier molecular flexibility index (Phi) is 2.02. The van der Waals surface area contributed by atoms with Crippen molar-refractivity contribution in [1.29, 1.82) is 0 Å². The van der Waals surface area contributed by atoms with E-state index in [1.54, 1.807) is 6.92 Å². The fourth-order valence-electron chi connectivity index (χ4n) is 1.74. The van der Waals surface area contributed by atoms with Gasteiger partial charge in [0.1, 0.15) is 10.5 Å². The van der Waals surface area contributed by atoms with Crippen LogP contribution in [0.1, 0.15) is 5.82 Å². The van der Waals surface area contributed by atoms with Crippen LogP contribution in [0.15, 0.2) is 23.0 Å². The molecular weight excluding hydrogens is 244 g/mol. The average molecular weight is 251 g/mol. The van der Waals surface area contributed by atoms with Crippen LogP contribution in [0, 0.1) is 6.92 Å². The number of hydrogen-bond donors (Lipinski definition) is 1. The maximum Gasteiger partial charge on any atom is 0.268 e. The largest absolute Gasteiger partial charge is 0.310 e. The molecule has 3 aromatic rings. The van der Waals surface area contributed by atoms with Crippen molar-refractivity contribution >= 4 is 43.2 Å². The van der Waals surface area contributed by atoms with Crippen molar-refractivity contribution in [3.63, 3.8) is 0 Å². The summed E-state index contributed by atoms with van der Waals surface area (Å²) < 4.78 is 1.69. The molecule has 0 aliphatic heterocycles. The average Bonchev–Trinajstić information content (AvgIpc) is 2.57. The Morgan fingerprint density at radius 3 is 3.06 bits per heavy atom. The van der Waals surface area contributed by atoms with Gasteiger partial charge >= 0.3 is 0 Å². The molecule has 0 fully saturated rings. The molecule has 0 saturated heterocycles. The molecule has 80 valence electrons. The van der Waals surface area contributed by atoms with Crippen molar-refractivity contribution in [2.45, 2.75) is 6.92 Å². The van der Waals surface area contributed by atoms with Crippen LogP contribution in [-0.4, -0.2) is 9.97 Å². The summed E-state index contributed by atoms with van der Waals surface area (Å²) in [5, 5.41) is 1.61. The topological polar surface area (TPSA) is 45.8 Å². The molecular formula is C11H7ClN2OS. The van der Waals surface area contributed by atoms with E-state index in [0.717, 1.165) is 15.6 Å². The molecule has 1 N–H and O–H groups in total. The van der Waals surface area contributed by atoms with Crippen LogP contribution >= 0.6 is 22.9 Å². The molecule has 3 nitrogen and oxygen atoms in total. The highest BCUT2D eigenvalue weighted by molar-refractivity contribution is 7.25. The summed E-state index contributed by atoms with van der Waals surface area (Å²) in [4.78, 5) is 18.8. The Morgan fingerprint density at radius 1 is 1.44 bits per heavy atom. The van der Waals surface area contributed by atoms with E-state index in [-0.39, 0.29) is 5.56 Å². The van der Waals surface area contributed by atoms with Gasteiger partial charge in [-0.2, -0.15) is 0 Å². The van der Waals surface area contributed by atoms with Gasteiger partial charge in [0.05, 0.1) is 5.52 Å². The molecule has 0 radical (unpaired) electrons. The zero-order valence-corrected chi connectivity index (χ0v) is 9.95. The van der Waals surface area contributed by atoms with Gasteiger partial charge in [0.2, 0.25) is 0 Å². The van der Waals surface area contributed by atoms with E-state index < -0.39 is 0 Å². The zero-order chi connectivity index (χ0) is 11.3. The van der Waals surface area contributed by atoms with Gasteiger partial charge < -0.3 is 4.98 Å². The molecule has 0 bridgehead atoms. The molecule has 2 aromatic heterocycles. The molecule has 0 aliphatic carbocycles. The third-order valence-corrected chi connectivity index (χ3v) is 3.80. The second kappa shape index (κ2) is 3.30. The molecule has 1 aromatic carbocycles. The van der Waals surface area contributed by atoms with Crippen LogP contribution in [0.25, 0.3) is 20.3 Å². The predicted octanol–water partition coefficient (Wildman–Crippen LogP) is 3.10. The third-order valence-electron chi connectivity index (χ3n) is 2.40. The van der Waals surface area contributed by atoms with Crippen molar-refractivity contribution < 1.29 is 0 Å². The lowest BCUT2D eigenvalue weighted by atomic mass is 10.2. The van der Waals surface area contributed by atoms with Crippen LogP contribution in [0.4, 0.5) is 0 Å². The van der Waals surface area contributed by atoms with Crippen molar-refractivity contribution in [2.24, 2.45) is 0 Å². The normalized spacial score (nSPS) is 11.4. The molecule has 0 atom stereocenters. The van der Waals surface area contributed by atoms with Gasteiger partial charge in [0.15, 0.2) is 0 Å². The van der Waals surface area contributed by atoms with E-state index in [9.17, 15) is 4.79 Å². The van der Waals surface area contributed by atoms with Gasteiger partial charge in [-0.15, -0.1) is 11.3 Å². The Hall–Kier alpha value is -1.39. The zero-order valence-electron chi connectivity index (χ0n) is 8.37. The maximum atomic E-state index is 11.7. The Morgan fingerprint density at radius 2 is 2.25 bits per heavy atom. The van der Waals surface area contributed by atoms with Crippen LogP contribution in [0.5, 0.6) is 0 Å². The second-order valence-corrected chi connectivity index (χ2v) is 5.06. The van der Waals surface area contributed by atoms with Gasteiger partial charge in [0, 0.05) is 15.1 Å². The number of aromatic amines is 1. The quantitative estimate of drug-likeness (QED) is 0.666. The van der Waals surface area contributed by atoms with Crippen LogP contribution < -0.4 is 5.56 Å². The molecule has 3 rings (SSSR count). The molecule has 2 heterocycles. The molecule has 0 unspecified atom stereocenters. The standard InChI is InChI=1S/C11H7ClN2OS/c1-5-13-9-7-4-6(12)2-3-8(7)16-10(9)11(15)14-5/h2-4H,1H3,(H,13,14,15). The first-order valence-corrected chi connectivity index (χ1v) is 5.93. The summed E-state index contributed by atoms with van der Waals surface area (Å²) in [7, 11) is 0. The van der Waals surface area contributed by atoms with Crippen molar-refractivity contribution in [1.82, 2.24) is 9.97 Å². The lowest BCUT2D eigenvalue weighted by Gasteiger charge is -1.93. The summed E-state index contributed by atoms with van der Waals surface area (Å²) in [5.41, 5.74) is 0.656. The number of hydrogen-bond acceptors (Lipinski definition) is 3. The second-order valence-electron chi connectivity index (χ2n) is 3.57. The monoisotopic (exact) mass is 250 g/mol. The third kappa shape index (κ3) is 1.34. The molecule has 5 heteroatoms. The number of thiophene rings is 1. The first-order valence-electron chi connectivity index (χ1n) is 4.74. The van der Waals surface area contributed by atoms with E-state index in [1.165, 1.54) is 11.3 Å². The number of rotatable bonds is 0. The van der Waals surface area contributed by atoms with Crippen molar-refractivity contribution in [3.8, 4) is 0 Å².